The van der Waals surface area contributed by atoms with Gasteiger partial charge in [0.15, 0.2) is 0 Å². The average molecular weight is 455 g/mol. The monoisotopic (exact) mass is 454 g/mol. The van der Waals surface area contributed by atoms with Crippen molar-refractivity contribution in [1.29, 1.82) is 0 Å². The highest BCUT2D eigenvalue weighted by Crippen LogP contribution is 2.56. The molecule has 1 aliphatic carbocycles. The summed E-state index contributed by atoms with van der Waals surface area (Å²) in [5, 5.41) is 10.7. The van der Waals surface area contributed by atoms with E-state index in [2.05, 4.69) is 111 Å². The van der Waals surface area contributed by atoms with Crippen molar-refractivity contribution in [3.05, 3.63) is 108 Å². The minimum atomic E-state index is -0.0475. The van der Waals surface area contributed by atoms with Gasteiger partial charge in [-0.2, -0.15) is 0 Å². The van der Waals surface area contributed by atoms with Crippen LogP contribution in [0.3, 0.4) is 0 Å². The first kappa shape index (κ1) is 23.1. The average Bonchev–Trinajstić information content (AvgIpc) is 3.17. The van der Waals surface area contributed by atoms with Crippen LogP contribution in [-0.2, 0) is 5.41 Å². The predicted molar refractivity (Wildman–Crippen MR) is 157 cm³/mol. The van der Waals surface area contributed by atoms with Gasteiger partial charge >= 0.3 is 0 Å². The maximum absolute atomic E-state index is 2.40. The summed E-state index contributed by atoms with van der Waals surface area (Å²) in [5.41, 5.74) is 5.71. The van der Waals surface area contributed by atoms with Crippen LogP contribution in [0.15, 0.2) is 97.1 Å². The maximum atomic E-state index is 2.40. The summed E-state index contributed by atoms with van der Waals surface area (Å²) in [6, 6.07) is 36.0. The van der Waals surface area contributed by atoms with Crippen LogP contribution in [0.5, 0.6) is 0 Å². The first-order valence-electron chi connectivity index (χ1n) is 13.0. The Bertz CT molecular complexity index is 1700. The third-order valence-corrected chi connectivity index (χ3v) is 7.37. The summed E-state index contributed by atoms with van der Waals surface area (Å²) < 4.78 is 0. The van der Waals surface area contributed by atoms with Crippen LogP contribution in [-0.4, -0.2) is 0 Å². The molecule has 0 fully saturated rings. The minimum Gasteiger partial charge on any atom is -0.0683 e. The van der Waals surface area contributed by atoms with Crippen LogP contribution >= 0.6 is 0 Å². The number of hydrogen-bond donors (Lipinski definition) is 0. The van der Waals surface area contributed by atoms with Gasteiger partial charge in [0.2, 0.25) is 0 Å². The van der Waals surface area contributed by atoms with Crippen LogP contribution in [0.4, 0.5) is 0 Å². The Hall–Kier alpha value is -3.64. The van der Waals surface area contributed by atoms with Crippen LogP contribution in [0.1, 0.15) is 52.7 Å². The molecule has 174 valence electrons. The molecular weight excluding hydrogens is 420 g/mol. The van der Waals surface area contributed by atoms with Crippen molar-refractivity contribution in [3.63, 3.8) is 0 Å². The van der Waals surface area contributed by atoms with E-state index in [0.717, 1.165) is 0 Å². The number of hydrogen-bond acceptors (Lipinski definition) is 0. The zero-order valence-corrected chi connectivity index (χ0v) is 21.7. The van der Waals surface area contributed by atoms with E-state index in [4.69, 9.17) is 0 Å². The summed E-state index contributed by atoms with van der Waals surface area (Å²) in [5.74, 6) is 0. The van der Waals surface area contributed by atoms with Crippen molar-refractivity contribution in [2.24, 2.45) is 0 Å². The Labute approximate surface area is 209 Å². The molecular formula is C35H34. The molecule has 7 rings (SSSR count). The third kappa shape index (κ3) is 3.27. The van der Waals surface area contributed by atoms with E-state index in [1.165, 1.54) is 65.3 Å². The van der Waals surface area contributed by atoms with Gasteiger partial charge in [-0.25, -0.2) is 0 Å². The highest BCUT2D eigenvalue weighted by Gasteiger charge is 2.39. The summed E-state index contributed by atoms with van der Waals surface area (Å²) in [4.78, 5) is 0. The normalized spacial score (nSPS) is 13.1. The molecule has 0 atom stereocenters. The summed E-state index contributed by atoms with van der Waals surface area (Å²) in [6.45, 7) is 12.8. The molecule has 0 radical (unpaired) electrons. The van der Waals surface area contributed by atoms with Crippen LogP contribution in [0.2, 0.25) is 0 Å². The van der Waals surface area contributed by atoms with Gasteiger partial charge < -0.3 is 0 Å². The highest BCUT2D eigenvalue weighted by atomic mass is 14.4. The molecule has 0 saturated carbocycles. The zero-order chi connectivity index (χ0) is 24.7. The van der Waals surface area contributed by atoms with Gasteiger partial charge in [-0.05, 0) is 77.5 Å². The number of rotatable bonds is 0. The lowest BCUT2D eigenvalue weighted by Gasteiger charge is -2.24. The van der Waals surface area contributed by atoms with Gasteiger partial charge in [-0.1, -0.05) is 126 Å². The largest absolute Gasteiger partial charge is 0.0683 e. The van der Waals surface area contributed by atoms with Crippen LogP contribution in [0.25, 0.3) is 54.2 Å². The molecule has 0 unspecified atom stereocenters. The first-order valence-corrected chi connectivity index (χ1v) is 13.0. The van der Waals surface area contributed by atoms with Crippen LogP contribution < -0.4 is 0 Å². The van der Waals surface area contributed by atoms with E-state index in [-0.39, 0.29) is 5.41 Å². The molecule has 0 heteroatoms. The summed E-state index contributed by atoms with van der Waals surface area (Å²) >= 11 is 0. The molecule has 0 N–H and O–H groups in total. The van der Waals surface area contributed by atoms with E-state index < -0.39 is 0 Å². The van der Waals surface area contributed by atoms with E-state index in [1.54, 1.807) is 0 Å². The van der Waals surface area contributed by atoms with Gasteiger partial charge in [-0.15, -0.1) is 0 Å². The van der Waals surface area contributed by atoms with E-state index in [9.17, 15) is 0 Å². The Kier molecular flexibility index (Phi) is 5.85. The SMILES string of the molecule is CC.CC.CC1(C)c2ccc3cc4ccccc4cc3c2-c2c1c1ccccc1c1ccccc21. The smallest absolute Gasteiger partial charge is 0.0165 e. The molecule has 35 heavy (non-hydrogen) atoms. The lowest BCUT2D eigenvalue weighted by molar-refractivity contribution is 0.667. The van der Waals surface area contributed by atoms with Crippen molar-refractivity contribution in [2.45, 2.75) is 47.0 Å². The van der Waals surface area contributed by atoms with Gasteiger partial charge in [0.1, 0.15) is 0 Å². The van der Waals surface area contributed by atoms with Gasteiger partial charge in [0, 0.05) is 5.41 Å². The topological polar surface area (TPSA) is 0 Å². The lowest BCUT2D eigenvalue weighted by Crippen LogP contribution is -2.15. The minimum absolute atomic E-state index is 0.0475. The fourth-order valence-electron chi connectivity index (χ4n) is 5.99. The van der Waals surface area contributed by atoms with Gasteiger partial charge in [0.25, 0.3) is 0 Å². The molecule has 6 aromatic rings. The van der Waals surface area contributed by atoms with Crippen molar-refractivity contribution in [3.8, 4) is 11.1 Å². The molecule has 0 nitrogen and oxygen atoms in total. The fraction of sp³-hybridized carbons (Fsp3) is 0.200. The Morgan fingerprint density at radius 2 is 0.943 bits per heavy atom. The Balaban J connectivity index is 0.000000605. The molecule has 1 aliphatic rings. The molecule has 0 saturated heterocycles. The Morgan fingerprint density at radius 3 is 1.60 bits per heavy atom. The van der Waals surface area contributed by atoms with Gasteiger partial charge in [-0.3, -0.25) is 0 Å². The van der Waals surface area contributed by atoms with Crippen molar-refractivity contribution < 1.29 is 0 Å². The molecule has 0 aromatic heterocycles. The maximum Gasteiger partial charge on any atom is 0.0165 e. The summed E-state index contributed by atoms with van der Waals surface area (Å²) in [7, 11) is 0. The standard InChI is InChI=1S/C31H22.2C2H6/c1-31(2)27-16-15-21-17-19-9-3-4-10-20(19)18-26(21)28(27)29-24-13-7-5-11-22(24)23-12-6-8-14-25(23)30(29)31;2*1-2/h3-18H,1-2H3;2*1-2H3. The number of benzene rings is 6. The molecule has 0 amide bonds. The molecule has 0 aliphatic heterocycles. The quantitative estimate of drug-likeness (QED) is 0.158. The molecule has 0 bridgehead atoms. The molecule has 0 heterocycles. The zero-order valence-electron chi connectivity index (χ0n) is 21.7. The lowest BCUT2D eigenvalue weighted by atomic mass is 9.79. The second-order valence-electron chi connectivity index (χ2n) is 9.37. The highest BCUT2D eigenvalue weighted by molar-refractivity contribution is 6.21. The number of fused-ring (bicyclic) bond motifs is 11. The fourth-order valence-corrected chi connectivity index (χ4v) is 5.99. The molecule has 0 spiro atoms. The van der Waals surface area contributed by atoms with Crippen molar-refractivity contribution >= 4 is 43.1 Å². The first-order chi connectivity index (χ1) is 17.1. The van der Waals surface area contributed by atoms with E-state index in [0.29, 0.717) is 0 Å². The second-order valence-corrected chi connectivity index (χ2v) is 9.37. The van der Waals surface area contributed by atoms with E-state index in [1.807, 2.05) is 27.7 Å². The van der Waals surface area contributed by atoms with Crippen molar-refractivity contribution in [2.75, 3.05) is 0 Å². The van der Waals surface area contributed by atoms with Crippen LogP contribution in [0, 0.1) is 0 Å². The predicted octanol–water partition coefficient (Wildman–Crippen LogP) is 10.7. The van der Waals surface area contributed by atoms with E-state index >= 15 is 0 Å². The Morgan fingerprint density at radius 1 is 0.429 bits per heavy atom. The second kappa shape index (κ2) is 8.86. The van der Waals surface area contributed by atoms with Crippen molar-refractivity contribution in [1.82, 2.24) is 0 Å². The molecule has 6 aromatic carbocycles. The summed E-state index contributed by atoms with van der Waals surface area (Å²) in [6.07, 6.45) is 0. The third-order valence-electron chi connectivity index (χ3n) is 7.37. The van der Waals surface area contributed by atoms with Gasteiger partial charge in [0.05, 0.1) is 0 Å².